The van der Waals surface area contributed by atoms with Crippen molar-refractivity contribution in [2.24, 2.45) is 5.92 Å². The highest BCUT2D eigenvalue weighted by atomic mass is 127. The van der Waals surface area contributed by atoms with E-state index in [0.717, 1.165) is 16.5 Å². The number of hydrogen-bond donors (Lipinski definition) is 1. The van der Waals surface area contributed by atoms with E-state index in [9.17, 15) is 4.79 Å². The number of carbonyl (C=O) groups is 1. The Morgan fingerprint density at radius 3 is 2.58 bits per heavy atom. The predicted octanol–water partition coefficient (Wildman–Crippen LogP) is 2.49. The van der Waals surface area contributed by atoms with Crippen molar-refractivity contribution in [1.82, 2.24) is 5.32 Å². The minimum atomic E-state index is 0.0163. The molecule has 0 aliphatic heterocycles. The molecule has 0 aliphatic rings. The lowest BCUT2D eigenvalue weighted by atomic mass is 10.1. The van der Waals surface area contributed by atoms with Crippen molar-refractivity contribution in [3.63, 3.8) is 0 Å². The number of nitrogens with one attached hydrogen (secondary N) is 1. The van der Waals surface area contributed by atoms with Crippen LogP contribution in [0.25, 0.3) is 0 Å². The van der Waals surface area contributed by atoms with Crippen LogP contribution >= 0.6 is 22.6 Å². The van der Waals surface area contributed by atoms with Gasteiger partial charge in [0.15, 0.2) is 0 Å². The third-order valence-electron chi connectivity index (χ3n) is 1.35. The molecule has 2 nitrogen and oxygen atoms in total. The highest BCUT2D eigenvalue weighted by Crippen LogP contribution is 2.02. The van der Waals surface area contributed by atoms with E-state index in [-0.39, 0.29) is 5.91 Å². The number of amides is 1. The van der Waals surface area contributed by atoms with E-state index in [1.54, 1.807) is 6.08 Å². The number of allylic oxidation sites excluding steroid dienone is 1. The maximum absolute atomic E-state index is 11.0. The van der Waals surface area contributed by atoms with Crippen LogP contribution < -0.4 is 5.32 Å². The van der Waals surface area contributed by atoms with E-state index in [2.05, 4.69) is 41.8 Å². The van der Waals surface area contributed by atoms with E-state index in [1.807, 2.05) is 6.92 Å². The molecule has 1 N–H and O–H groups in total. The number of halogens is 1. The molecule has 0 spiro atoms. The Morgan fingerprint density at radius 1 is 1.58 bits per heavy atom. The zero-order valence-electron chi connectivity index (χ0n) is 7.86. The summed E-state index contributed by atoms with van der Waals surface area (Å²) >= 11 is 2.12. The van der Waals surface area contributed by atoms with Crippen LogP contribution in [0.3, 0.4) is 0 Å². The summed E-state index contributed by atoms with van der Waals surface area (Å²) in [4.78, 5) is 11.0. The molecule has 0 aromatic carbocycles. The molecule has 0 aromatic rings. The predicted molar refractivity (Wildman–Crippen MR) is 60.2 cm³/mol. The summed E-state index contributed by atoms with van der Waals surface area (Å²) in [7, 11) is 0. The topological polar surface area (TPSA) is 29.1 Å². The quantitative estimate of drug-likeness (QED) is 0.622. The average Bonchev–Trinajstić information content (AvgIpc) is 1.84. The molecular weight excluding hydrogens is 265 g/mol. The summed E-state index contributed by atoms with van der Waals surface area (Å²) < 4.78 is 1.01. The van der Waals surface area contributed by atoms with Crippen LogP contribution in [0.5, 0.6) is 0 Å². The first kappa shape index (κ1) is 11.9. The van der Waals surface area contributed by atoms with E-state index >= 15 is 0 Å². The molecule has 70 valence electrons. The SMILES string of the molecule is CC(I)=CC(=O)NCCC(C)C. The molecule has 0 saturated carbocycles. The minimum Gasteiger partial charge on any atom is -0.353 e. The second kappa shape index (κ2) is 6.46. The fourth-order valence-corrected chi connectivity index (χ4v) is 0.999. The Bertz CT molecular complexity index is 171. The van der Waals surface area contributed by atoms with Gasteiger partial charge < -0.3 is 5.32 Å². The van der Waals surface area contributed by atoms with Crippen LogP contribution in [0.15, 0.2) is 9.66 Å². The maximum atomic E-state index is 11.0. The van der Waals surface area contributed by atoms with Gasteiger partial charge in [0.1, 0.15) is 0 Å². The van der Waals surface area contributed by atoms with Crippen LogP contribution in [0.2, 0.25) is 0 Å². The lowest BCUT2D eigenvalue weighted by Gasteiger charge is -2.04. The summed E-state index contributed by atoms with van der Waals surface area (Å²) in [5.41, 5.74) is 0. The molecule has 0 aromatic heterocycles. The van der Waals surface area contributed by atoms with E-state index in [1.165, 1.54) is 0 Å². The Kier molecular flexibility index (Phi) is 6.42. The van der Waals surface area contributed by atoms with Crippen molar-refractivity contribution in [2.45, 2.75) is 27.2 Å². The van der Waals surface area contributed by atoms with Crippen molar-refractivity contribution in [3.8, 4) is 0 Å². The summed E-state index contributed by atoms with van der Waals surface area (Å²) in [5, 5.41) is 2.83. The summed E-state index contributed by atoms with van der Waals surface area (Å²) in [6, 6.07) is 0. The molecule has 0 radical (unpaired) electrons. The van der Waals surface area contributed by atoms with Crippen LogP contribution in [-0.4, -0.2) is 12.5 Å². The molecule has 0 unspecified atom stereocenters. The lowest BCUT2D eigenvalue weighted by molar-refractivity contribution is -0.116. The van der Waals surface area contributed by atoms with Gasteiger partial charge in [-0.15, -0.1) is 0 Å². The van der Waals surface area contributed by atoms with Gasteiger partial charge in [-0.05, 0) is 45.4 Å². The zero-order chi connectivity index (χ0) is 9.56. The van der Waals surface area contributed by atoms with Gasteiger partial charge in [-0.25, -0.2) is 0 Å². The van der Waals surface area contributed by atoms with Gasteiger partial charge in [0.2, 0.25) is 5.91 Å². The second-order valence-electron chi connectivity index (χ2n) is 3.20. The summed E-state index contributed by atoms with van der Waals surface area (Å²) in [6.07, 6.45) is 2.65. The molecule has 0 fully saturated rings. The van der Waals surface area contributed by atoms with Gasteiger partial charge in [0, 0.05) is 12.6 Å². The van der Waals surface area contributed by atoms with Gasteiger partial charge in [-0.1, -0.05) is 13.8 Å². The molecule has 0 bridgehead atoms. The fraction of sp³-hybridized carbons (Fsp3) is 0.667. The largest absolute Gasteiger partial charge is 0.353 e. The zero-order valence-corrected chi connectivity index (χ0v) is 10.0. The maximum Gasteiger partial charge on any atom is 0.244 e. The molecule has 0 rings (SSSR count). The Hall–Kier alpha value is -0.0600. The molecule has 3 heteroatoms. The average molecular weight is 281 g/mol. The molecule has 0 atom stereocenters. The summed E-state index contributed by atoms with van der Waals surface area (Å²) in [5.74, 6) is 0.664. The van der Waals surface area contributed by atoms with Gasteiger partial charge in [0.05, 0.1) is 0 Å². The van der Waals surface area contributed by atoms with E-state index < -0.39 is 0 Å². The second-order valence-corrected chi connectivity index (χ2v) is 4.91. The smallest absolute Gasteiger partial charge is 0.244 e. The van der Waals surface area contributed by atoms with Crippen LogP contribution in [0.1, 0.15) is 27.2 Å². The van der Waals surface area contributed by atoms with Crippen molar-refractivity contribution in [3.05, 3.63) is 9.66 Å². The summed E-state index contributed by atoms with van der Waals surface area (Å²) in [6.45, 7) is 6.97. The van der Waals surface area contributed by atoms with Gasteiger partial charge >= 0.3 is 0 Å². The van der Waals surface area contributed by atoms with Gasteiger partial charge in [-0.3, -0.25) is 4.79 Å². The normalized spacial score (nSPS) is 11.9. The molecule has 0 aliphatic carbocycles. The van der Waals surface area contributed by atoms with Gasteiger partial charge in [-0.2, -0.15) is 0 Å². The highest BCUT2D eigenvalue weighted by molar-refractivity contribution is 14.1. The van der Waals surface area contributed by atoms with Crippen molar-refractivity contribution >= 4 is 28.5 Å². The lowest BCUT2D eigenvalue weighted by Crippen LogP contribution is -2.23. The first-order chi connectivity index (χ1) is 5.52. The molecule has 1 amide bonds. The molecule has 0 saturated heterocycles. The number of carbonyl (C=O) groups excluding carboxylic acids is 1. The van der Waals surface area contributed by atoms with Crippen LogP contribution in [-0.2, 0) is 4.79 Å². The van der Waals surface area contributed by atoms with Crippen LogP contribution in [0.4, 0.5) is 0 Å². The first-order valence-corrected chi connectivity index (χ1v) is 5.22. The molecular formula is C9H16INO. The molecule has 0 heterocycles. The van der Waals surface area contributed by atoms with Crippen molar-refractivity contribution < 1.29 is 4.79 Å². The number of rotatable bonds is 4. The first-order valence-electron chi connectivity index (χ1n) is 4.14. The van der Waals surface area contributed by atoms with Crippen molar-refractivity contribution in [1.29, 1.82) is 0 Å². The highest BCUT2D eigenvalue weighted by Gasteiger charge is 1.97. The fourth-order valence-electron chi connectivity index (χ4n) is 0.716. The van der Waals surface area contributed by atoms with E-state index in [4.69, 9.17) is 0 Å². The third kappa shape index (κ3) is 8.04. The Morgan fingerprint density at radius 2 is 2.17 bits per heavy atom. The third-order valence-corrected chi connectivity index (χ3v) is 1.66. The standard InChI is InChI=1S/C9H16INO/c1-7(2)4-5-11-9(12)6-8(3)10/h6-7H,4-5H2,1-3H3,(H,11,12). The molecule has 12 heavy (non-hydrogen) atoms. The van der Waals surface area contributed by atoms with Gasteiger partial charge in [0.25, 0.3) is 0 Å². The Labute approximate surface area is 87.9 Å². The number of hydrogen-bond acceptors (Lipinski definition) is 1. The van der Waals surface area contributed by atoms with Crippen LogP contribution in [0, 0.1) is 5.92 Å². The van der Waals surface area contributed by atoms with E-state index in [0.29, 0.717) is 5.92 Å². The minimum absolute atomic E-state index is 0.0163. The Balaban J connectivity index is 3.52. The van der Waals surface area contributed by atoms with Crippen molar-refractivity contribution in [2.75, 3.05) is 6.54 Å². The monoisotopic (exact) mass is 281 g/mol.